The molecule has 3 aromatic rings. The number of fused-ring (bicyclic) bond motifs is 2. The molecule has 1 aromatic heterocycles. The number of rotatable bonds is 4. The maximum Gasteiger partial charge on any atom is 0.250 e. The maximum absolute atomic E-state index is 13.4. The van der Waals surface area contributed by atoms with Gasteiger partial charge < -0.3 is 14.5 Å². The van der Waals surface area contributed by atoms with Crippen LogP contribution in [0.25, 0.3) is 11.1 Å². The van der Waals surface area contributed by atoms with Gasteiger partial charge in [-0.3, -0.25) is 4.79 Å². The van der Waals surface area contributed by atoms with Crippen LogP contribution in [0.5, 0.6) is 5.75 Å². The van der Waals surface area contributed by atoms with E-state index in [1.165, 1.54) is 0 Å². The molecule has 1 amide bonds. The first-order chi connectivity index (χ1) is 14.5. The summed E-state index contributed by atoms with van der Waals surface area (Å²) >= 11 is 0. The first-order valence-electron chi connectivity index (χ1n) is 10.2. The quantitative estimate of drug-likeness (QED) is 0.667. The highest BCUT2D eigenvalue weighted by Crippen LogP contribution is 2.42. The van der Waals surface area contributed by atoms with Crippen LogP contribution in [0.2, 0.25) is 0 Å². The molecule has 0 N–H and O–H groups in total. The zero-order valence-electron chi connectivity index (χ0n) is 17.4. The Kier molecular flexibility index (Phi) is 4.42. The van der Waals surface area contributed by atoms with E-state index in [2.05, 4.69) is 33.1 Å². The Bertz CT molecular complexity index is 1100. The van der Waals surface area contributed by atoms with Crippen LogP contribution in [0.4, 0.5) is 11.6 Å². The van der Waals surface area contributed by atoms with E-state index in [4.69, 9.17) is 4.74 Å². The lowest BCUT2D eigenvalue weighted by Crippen LogP contribution is -2.51. The highest BCUT2D eigenvalue weighted by atomic mass is 16.5. The minimum Gasteiger partial charge on any atom is -0.495 e. The summed E-state index contributed by atoms with van der Waals surface area (Å²) in [6, 6.07) is 18.0. The van der Waals surface area contributed by atoms with Crippen molar-refractivity contribution in [3.63, 3.8) is 0 Å². The summed E-state index contributed by atoms with van der Waals surface area (Å²) in [6.45, 7) is 4.64. The number of hydrogen-bond donors (Lipinski definition) is 0. The van der Waals surface area contributed by atoms with E-state index >= 15 is 0 Å². The fourth-order valence-corrected chi connectivity index (χ4v) is 4.64. The summed E-state index contributed by atoms with van der Waals surface area (Å²) < 4.78 is 5.62. The average Bonchev–Trinajstić information content (AvgIpc) is 3.31. The normalized spacial score (nSPS) is 20.2. The Morgan fingerprint density at radius 1 is 0.967 bits per heavy atom. The van der Waals surface area contributed by atoms with Gasteiger partial charge in [0, 0.05) is 17.9 Å². The highest BCUT2D eigenvalue weighted by Gasteiger charge is 2.51. The second-order valence-corrected chi connectivity index (χ2v) is 7.97. The predicted molar refractivity (Wildman–Crippen MR) is 117 cm³/mol. The van der Waals surface area contributed by atoms with E-state index in [-0.39, 0.29) is 18.0 Å². The SMILES string of the molecule is COc1ccc(-c2ccccc2)cc1N1C(=O)[C@@H]2C[C@H]1CN2c1nc(C)cc(C)n1. The third-order valence-electron chi connectivity index (χ3n) is 5.94. The van der Waals surface area contributed by atoms with Crippen molar-refractivity contribution in [1.82, 2.24) is 9.97 Å². The second kappa shape index (κ2) is 7.13. The van der Waals surface area contributed by atoms with E-state index in [0.717, 1.165) is 41.2 Å². The molecule has 0 saturated carbocycles. The number of anilines is 2. The summed E-state index contributed by atoms with van der Waals surface area (Å²) in [5, 5.41) is 0. The summed E-state index contributed by atoms with van der Waals surface area (Å²) in [6.07, 6.45) is 0.772. The van der Waals surface area contributed by atoms with Gasteiger partial charge >= 0.3 is 0 Å². The van der Waals surface area contributed by atoms with Crippen molar-refractivity contribution in [3.05, 3.63) is 66.0 Å². The molecular weight excluding hydrogens is 376 g/mol. The molecule has 0 unspecified atom stereocenters. The summed E-state index contributed by atoms with van der Waals surface area (Å²) in [4.78, 5) is 26.5. The molecule has 0 spiro atoms. The number of nitrogens with zero attached hydrogens (tertiary/aromatic N) is 4. The molecule has 152 valence electrons. The van der Waals surface area contributed by atoms with Crippen molar-refractivity contribution >= 4 is 17.5 Å². The van der Waals surface area contributed by atoms with Gasteiger partial charge in [-0.05, 0) is 49.6 Å². The number of carbonyl (C=O) groups is 1. The Morgan fingerprint density at radius 2 is 1.70 bits per heavy atom. The summed E-state index contributed by atoms with van der Waals surface area (Å²) in [5.41, 5.74) is 4.85. The molecular formula is C24H24N4O2. The van der Waals surface area contributed by atoms with E-state index in [9.17, 15) is 4.79 Å². The Hall–Kier alpha value is -3.41. The average molecular weight is 400 g/mol. The molecule has 30 heavy (non-hydrogen) atoms. The Balaban J connectivity index is 1.49. The lowest BCUT2D eigenvalue weighted by Gasteiger charge is -2.34. The van der Waals surface area contributed by atoms with Gasteiger partial charge in [-0.25, -0.2) is 9.97 Å². The molecule has 2 bridgehead atoms. The van der Waals surface area contributed by atoms with Crippen LogP contribution in [-0.4, -0.2) is 41.6 Å². The van der Waals surface area contributed by atoms with Crippen molar-refractivity contribution in [2.75, 3.05) is 23.5 Å². The van der Waals surface area contributed by atoms with Gasteiger partial charge in [-0.2, -0.15) is 0 Å². The van der Waals surface area contributed by atoms with E-state index in [1.807, 2.05) is 55.1 Å². The fourth-order valence-electron chi connectivity index (χ4n) is 4.64. The van der Waals surface area contributed by atoms with E-state index in [1.54, 1.807) is 7.11 Å². The number of ether oxygens (including phenoxy) is 1. The molecule has 2 saturated heterocycles. The number of methoxy groups -OCH3 is 1. The van der Waals surface area contributed by atoms with Crippen molar-refractivity contribution < 1.29 is 9.53 Å². The monoisotopic (exact) mass is 400 g/mol. The molecule has 5 rings (SSSR count). The molecule has 2 aliphatic rings. The third-order valence-corrected chi connectivity index (χ3v) is 5.94. The van der Waals surface area contributed by atoms with Crippen LogP contribution in [-0.2, 0) is 4.79 Å². The van der Waals surface area contributed by atoms with Gasteiger partial charge in [-0.1, -0.05) is 36.4 Å². The molecule has 0 aliphatic carbocycles. The molecule has 2 fully saturated rings. The third kappa shape index (κ3) is 3.00. The van der Waals surface area contributed by atoms with Crippen LogP contribution in [0.3, 0.4) is 0 Å². The molecule has 2 aromatic carbocycles. The first-order valence-corrected chi connectivity index (χ1v) is 10.2. The standard InChI is InChI=1S/C24H24N4O2/c1-15-11-16(2)26-24(25-15)27-14-19-13-21(27)23(29)28(19)20-12-18(9-10-22(20)30-3)17-7-5-4-6-8-17/h4-12,19,21H,13-14H2,1-3H3/t19-,21-/m0/s1. The van der Waals surface area contributed by atoms with Gasteiger partial charge in [0.15, 0.2) is 0 Å². The van der Waals surface area contributed by atoms with Gasteiger partial charge in [0.2, 0.25) is 11.9 Å². The maximum atomic E-state index is 13.4. The van der Waals surface area contributed by atoms with Gasteiger partial charge in [0.05, 0.1) is 18.8 Å². The minimum atomic E-state index is -0.235. The van der Waals surface area contributed by atoms with Crippen molar-refractivity contribution in [2.24, 2.45) is 0 Å². The number of aromatic nitrogens is 2. The number of amides is 1. The van der Waals surface area contributed by atoms with Crippen molar-refractivity contribution in [3.8, 4) is 16.9 Å². The molecule has 6 nitrogen and oxygen atoms in total. The largest absolute Gasteiger partial charge is 0.495 e. The highest BCUT2D eigenvalue weighted by molar-refractivity contribution is 6.05. The number of aryl methyl sites for hydroxylation is 2. The summed E-state index contributed by atoms with van der Waals surface area (Å²) in [5.74, 6) is 1.44. The zero-order valence-corrected chi connectivity index (χ0v) is 17.4. The second-order valence-electron chi connectivity index (χ2n) is 7.97. The van der Waals surface area contributed by atoms with E-state index in [0.29, 0.717) is 11.7 Å². The Morgan fingerprint density at radius 3 is 2.37 bits per heavy atom. The molecule has 6 heteroatoms. The lowest BCUT2D eigenvalue weighted by atomic mass is 10.0. The topological polar surface area (TPSA) is 58.6 Å². The van der Waals surface area contributed by atoms with Crippen LogP contribution in [0.15, 0.2) is 54.6 Å². The Labute approximate surface area is 176 Å². The van der Waals surface area contributed by atoms with Gasteiger partial charge in [0.25, 0.3) is 0 Å². The molecule has 0 radical (unpaired) electrons. The van der Waals surface area contributed by atoms with Crippen molar-refractivity contribution in [1.29, 1.82) is 0 Å². The lowest BCUT2D eigenvalue weighted by molar-refractivity contribution is -0.118. The number of hydrogen-bond acceptors (Lipinski definition) is 5. The minimum absolute atomic E-state index is 0.0758. The van der Waals surface area contributed by atoms with Crippen LogP contribution < -0.4 is 14.5 Å². The molecule has 2 atom stereocenters. The van der Waals surface area contributed by atoms with Crippen LogP contribution >= 0.6 is 0 Å². The van der Waals surface area contributed by atoms with Crippen LogP contribution in [0, 0.1) is 13.8 Å². The zero-order chi connectivity index (χ0) is 20.8. The summed E-state index contributed by atoms with van der Waals surface area (Å²) in [7, 11) is 1.65. The number of piperazine rings is 1. The first kappa shape index (κ1) is 18.6. The fraction of sp³-hybridized carbons (Fsp3) is 0.292. The van der Waals surface area contributed by atoms with Crippen molar-refractivity contribution in [2.45, 2.75) is 32.4 Å². The number of benzene rings is 2. The molecule has 2 aliphatic heterocycles. The van der Waals surface area contributed by atoms with Gasteiger partial charge in [-0.15, -0.1) is 0 Å². The van der Waals surface area contributed by atoms with Crippen LogP contribution in [0.1, 0.15) is 17.8 Å². The predicted octanol–water partition coefficient (Wildman–Crippen LogP) is 3.76. The molecule has 3 heterocycles. The van der Waals surface area contributed by atoms with Gasteiger partial charge in [0.1, 0.15) is 11.8 Å². The number of carbonyl (C=O) groups excluding carboxylic acids is 1. The smallest absolute Gasteiger partial charge is 0.250 e. The van der Waals surface area contributed by atoms with E-state index < -0.39 is 0 Å².